The second-order valence-electron chi connectivity index (χ2n) is 6.81. The molecule has 9 heteroatoms. The number of benzene rings is 1. The summed E-state index contributed by atoms with van der Waals surface area (Å²) in [6, 6.07) is 7.87. The number of rotatable bonds is 6. The van der Waals surface area contributed by atoms with Crippen LogP contribution in [0.1, 0.15) is 32.7 Å². The smallest absolute Gasteiger partial charge is 0.251 e. The quantitative estimate of drug-likeness (QED) is 0.442. The van der Waals surface area contributed by atoms with Crippen LogP contribution in [0.2, 0.25) is 0 Å². The van der Waals surface area contributed by atoms with Gasteiger partial charge in [0.05, 0.1) is 33.0 Å². The first-order chi connectivity index (χ1) is 13.5. The summed E-state index contributed by atoms with van der Waals surface area (Å²) in [5, 5.41) is 14.9. The summed E-state index contributed by atoms with van der Waals surface area (Å²) in [5.74, 6) is 1.49. The molecule has 3 aromatic heterocycles. The Kier molecular flexibility index (Phi) is 4.93. The van der Waals surface area contributed by atoms with Gasteiger partial charge in [-0.3, -0.25) is 0 Å². The molecule has 8 nitrogen and oxygen atoms in total. The third kappa shape index (κ3) is 3.80. The van der Waals surface area contributed by atoms with Gasteiger partial charge in [-0.05, 0) is 39.0 Å². The van der Waals surface area contributed by atoms with E-state index in [2.05, 4.69) is 50.7 Å². The number of pyridine rings is 1. The fraction of sp³-hybridized carbons (Fsp3) is 0.263. The zero-order valence-corrected chi connectivity index (χ0v) is 16.6. The van der Waals surface area contributed by atoms with Gasteiger partial charge in [-0.25, -0.2) is 9.97 Å². The second kappa shape index (κ2) is 7.53. The number of hydrogen-bond acceptors (Lipinski definition) is 9. The highest BCUT2D eigenvalue weighted by Gasteiger charge is 2.17. The lowest BCUT2D eigenvalue weighted by Gasteiger charge is -2.15. The highest BCUT2D eigenvalue weighted by Crippen LogP contribution is 2.31. The number of hydrogen-bond donors (Lipinski definition) is 3. The molecule has 4 N–H and O–H groups in total. The molecule has 0 aliphatic carbocycles. The fourth-order valence-corrected chi connectivity index (χ4v) is 3.45. The maximum Gasteiger partial charge on any atom is 0.251 e. The van der Waals surface area contributed by atoms with Gasteiger partial charge in [-0.2, -0.15) is 0 Å². The SMILES string of the molecule is CC(C)Nc1cc(Nc2ccc3ncsc3c2)ncc1-c1nnc(C(C)N)o1. The molecule has 1 unspecified atom stereocenters. The Morgan fingerprint density at radius 1 is 1.11 bits per heavy atom. The normalized spacial score (nSPS) is 12.5. The lowest BCUT2D eigenvalue weighted by atomic mass is 10.2. The predicted octanol–water partition coefficient (Wildman–Crippen LogP) is 4.32. The van der Waals surface area contributed by atoms with Crippen LogP contribution in [0.4, 0.5) is 17.2 Å². The minimum absolute atomic E-state index is 0.221. The van der Waals surface area contributed by atoms with Gasteiger partial charge in [0, 0.05) is 24.0 Å². The molecule has 0 radical (unpaired) electrons. The van der Waals surface area contributed by atoms with E-state index in [9.17, 15) is 0 Å². The highest BCUT2D eigenvalue weighted by molar-refractivity contribution is 7.16. The Morgan fingerprint density at radius 2 is 1.96 bits per heavy atom. The fourth-order valence-electron chi connectivity index (χ4n) is 2.73. The van der Waals surface area contributed by atoms with Crippen molar-refractivity contribution in [3.63, 3.8) is 0 Å². The zero-order valence-electron chi connectivity index (χ0n) is 15.8. The van der Waals surface area contributed by atoms with Crippen molar-refractivity contribution in [2.75, 3.05) is 10.6 Å². The molecule has 0 amide bonds. The first kappa shape index (κ1) is 18.3. The van der Waals surface area contributed by atoms with Crippen molar-refractivity contribution in [1.29, 1.82) is 0 Å². The van der Waals surface area contributed by atoms with Crippen LogP contribution in [0.25, 0.3) is 21.7 Å². The molecule has 0 saturated heterocycles. The van der Waals surface area contributed by atoms with Crippen molar-refractivity contribution in [3.8, 4) is 11.5 Å². The Bertz CT molecular complexity index is 1100. The third-order valence-electron chi connectivity index (χ3n) is 4.01. The second-order valence-corrected chi connectivity index (χ2v) is 7.69. The van der Waals surface area contributed by atoms with E-state index < -0.39 is 0 Å². The van der Waals surface area contributed by atoms with E-state index >= 15 is 0 Å². The monoisotopic (exact) mass is 395 g/mol. The number of nitrogens with two attached hydrogens (primary N) is 1. The summed E-state index contributed by atoms with van der Waals surface area (Å²) in [4.78, 5) is 8.82. The average molecular weight is 395 g/mol. The van der Waals surface area contributed by atoms with E-state index in [1.807, 2.05) is 23.7 Å². The topological polar surface area (TPSA) is 115 Å². The summed E-state index contributed by atoms with van der Waals surface area (Å²) in [6.07, 6.45) is 1.72. The van der Waals surface area contributed by atoms with Gasteiger partial charge in [0.2, 0.25) is 5.89 Å². The molecular weight excluding hydrogens is 374 g/mol. The van der Waals surface area contributed by atoms with Crippen molar-refractivity contribution >= 4 is 38.7 Å². The number of anilines is 3. The summed E-state index contributed by atoms with van der Waals surface area (Å²) in [7, 11) is 0. The van der Waals surface area contributed by atoms with Crippen LogP contribution in [0.5, 0.6) is 0 Å². The molecule has 144 valence electrons. The standard InChI is InChI=1S/C19H21N7OS/c1-10(2)23-15-7-17(24-12-4-5-14-16(6-12)28-9-22-14)21-8-13(15)19-26-25-18(27-19)11(3)20/h4-11H,20H2,1-3H3,(H2,21,23,24). The molecule has 1 aromatic carbocycles. The Hall–Kier alpha value is -3.04. The number of thiazole rings is 1. The molecule has 1 atom stereocenters. The molecule has 0 spiro atoms. The van der Waals surface area contributed by atoms with Crippen molar-refractivity contribution in [2.45, 2.75) is 32.9 Å². The van der Waals surface area contributed by atoms with Gasteiger partial charge in [0.15, 0.2) is 0 Å². The van der Waals surface area contributed by atoms with Gasteiger partial charge < -0.3 is 20.8 Å². The lowest BCUT2D eigenvalue weighted by Crippen LogP contribution is -2.11. The molecule has 0 aliphatic rings. The molecule has 0 aliphatic heterocycles. The number of fused-ring (bicyclic) bond motifs is 1. The van der Waals surface area contributed by atoms with Gasteiger partial charge in [-0.15, -0.1) is 21.5 Å². The van der Waals surface area contributed by atoms with E-state index in [0.717, 1.165) is 27.2 Å². The summed E-state index contributed by atoms with van der Waals surface area (Å²) < 4.78 is 6.82. The Morgan fingerprint density at radius 3 is 2.71 bits per heavy atom. The van der Waals surface area contributed by atoms with E-state index in [1.165, 1.54) is 0 Å². The molecule has 28 heavy (non-hydrogen) atoms. The molecule has 0 fully saturated rings. The molecule has 0 saturated carbocycles. The van der Waals surface area contributed by atoms with Crippen molar-refractivity contribution < 1.29 is 4.42 Å². The molecule has 0 bridgehead atoms. The van der Waals surface area contributed by atoms with E-state index in [0.29, 0.717) is 17.6 Å². The Labute approximate surface area is 166 Å². The maximum atomic E-state index is 5.82. The highest BCUT2D eigenvalue weighted by atomic mass is 32.1. The van der Waals surface area contributed by atoms with Crippen molar-refractivity contribution in [2.24, 2.45) is 5.73 Å². The summed E-state index contributed by atoms with van der Waals surface area (Å²) >= 11 is 1.61. The first-order valence-electron chi connectivity index (χ1n) is 8.96. The molecule has 3 heterocycles. The van der Waals surface area contributed by atoms with E-state index in [-0.39, 0.29) is 12.1 Å². The van der Waals surface area contributed by atoms with Gasteiger partial charge in [-0.1, -0.05) is 0 Å². The van der Waals surface area contributed by atoms with Crippen LogP contribution in [-0.2, 0) is 0 Å². The average Bonchev–Trinajstić information content (AvgIpc) is 3.30. The largest absolute Gasteiger partial charge is 0.419 e. The van der Waals surface area contributed by atoms with Gasteiger partial charge in [0.25, 0.3) is 5.89 Å². The van der Waals surface area contributed by atoms with Crippen LogP contribution < -0.4 is 16.4 Å². The summed E-state index contributed by atoms with van der Waals surface area (Å²) in [5.41, 5.74) is 11.2. The zero-order chi connectivity index (χ0) is 19.7. The minimum Gasteiger partial charge on any atom is -0.419 e. The number of nitrogens with zero attached hydrogens (tertiary/aromatic N) is 4. The van der Waals surface area contributed by atoms with Crippen LogP contribution in [-0.4, -0.2) is 26.2 Å². The molecular formula is C19H21N7OS. The van der Waals surface area contributed by atoms with Crippen LogP contribution in [0, 0.1) is 0 Å². The van der Waals surface area contributed by atoms with Crippen LogP contribution in [0.3, 0.4) is 0 Å². The number of nitrogens with one attached hydrogen (secondary N) is 2. The van der Waals surface area contributed by atoms with Crippen LogP contribution in [0.15, 0.2) is 40.4 Å². The minimum atomic E-state index is -0.321. The Balaban J connectivity index is 1.66. The molecule has 4 rings (SSSR count). The first-order valence-corrected chi connectivity index (χ1v) is 9.84. The lowest BCUT2D eigenvalue weighted by molar-refractivity contribution is 0.473. The van der Waals surface area contributed by atoms with Crippen LogP contribution >= 0.6 is 11.3 Å². The molecule has 4 aromatic rings. The van der Waals surface area contributed by atoms with Gasteiger partial charge in [0.1, 0.15) is 5.82 Å². The maximum absolute atomic E-state index is 5.82. The van der Waals surface area contributed by atoms with Crippen molar-refractivity contribution in [3.05, 3.63) is 41.9 Å². The van der Waals surface area contributed by atoms with Crippen molar-refractivity contribution in [1.82, 2.24) is 20.2 Å². The number of aromatic nitrogens is 4. The third-order valence-corrected chi connectivity index (χ3v) is 4.80. The summed E-state index contributed by atoms with van der Waals surface area (Å²) in [6.45, 7) is 5.93. The van der Waals surface area contributed by atoms with E-state index in [1.54, 1.807) is 24.5 Å². The van der Waals surface area contributed by atoms with E-state index in [4.69, 9.17) is 10.2 Å². The predicted molar refractivity (Wildman–Crippen MR) is 112 cm³/mol. The van der Waals surface area contributed by atoms with Gasteiger partial charge >= 0.3 is 0 Å².